The lowest BCUT2D eigenvalue weighted by atomic mass is 9.45. The van der Waals surface area contributed by atoms with Crippen LogP contribution in [0.1, 0.15) is 87.0 Å². The second-order valence-electron chi connectivity index (χ2n) is 12.1. The third kappa shape index (κ3) is 4.27. The van der Waals surface area contributed by atoms with Gasteiger partial charge < -0.3 is 5.32 Å². The molecule has 4 fully saturated rings. The van der Waals surface area contributed by atoms with Gasteiger partial charge in [-0.25, -0.2) is 10.2 Å². The van der Waals surface area contributed by atoms with E-state index in [1.165, 1.54) is 6.42 Å². The third-order valence-corrected chi connectivity index (χ3v) is 8.91. The lowest BCUT2D eigenvalue weighted by Gasteiger charge is -2.62. The molecule has 0 unspecified atom stereocenters. The molecule has 0 spiro atoms. The SMILES string of the molecule is C=CC[C@]1(C)C[C@H](C(C)(C)C)CC/C1=N\NC(=O)N[C@H]1C[C@H]2C[C@@H]([C@@H]1C)C2(C)C. The van der Waals surface area contributed by atoms with Gasteiger partial charge in [-0.1, -0.05) is 54.5 Å². The van der Waals surface area contributed by atoms with Crippen molar-refractivity contribution >= 4 is 11.7 Å². The number of urea groups is 1. The van der Waals surface area contributed by atoms with Gasteiger partial charge in [0.1, 0.15) is 0 Å². The van der Waals surface area contributed by atoms with Crippen molar-refractivity contribution < 1.29 is 4.79 Å². The van der Waals surface area contributed by atoms with Crippen LogP contribution in [0.25, 0.3) is 0 Å². The van der Waals surface area contributed by atoms with E-state index in [0.717, 1.165) is 49.7 Å². The van der Waals surface area contributed by atoms with Gasteiger partial charge in [-0.15, -0.1) is 6.58 Å². The highest BCUT2D eigenvalue weighted by Crippen LogP contribution is 2.61. The summed E-state index contributed by atoms with van der Waals surface area (Å²) in [6.45, 7) is 20.3. The van der Waals surface area contributed by atoms with E-state index in [-0.39, 0.29) is 17.5 Å². The summed E-state index contributed by atoms with van der Waals surface area (Å²) in [7, 11) is 0. The minimum absolute atomic E-state index is 0.0188. The Morgan fingerprint density at radius 3 is 2.52 bits per heavy atom. The molecule has 29 heavy (non-hydrogen) atoms. The molecule has 4 rings (SSSR count). The first-order chi connectivity index (χ1) is 13.4. The maximum atomic E-state index is 12.6. The number of carbonyl (C=O) groups is 1. The molecule has 0 aromatic carbocycles. The Morgan fingerprint density at radius 1 is 1.28 bits per heavy atom. The number of hydrogen-bond donors (Lipinski definition) is 2. The van der Waals surface area contributed by atoms with Crippen molar-refractivity contribution in [2.45, 2.75) is 93.0 Å². The first-order valence-corrected chi connectivity index (χ1v) is 11.6. The van der Waals surface area contributed by atoms with E-state index in [4.69, 9.17) is 0 Å². The normalized spacial score (nSPS) is 40.1. The molecule has 2 amide bonds. The second-order valence-corrected chi connectivity index (χ2v) is 12.1. The van der Waals surface area contributed by atoms with Crippen LogP contribution in [-0.2, 0) is 0 Å². The van der Waals surface area contributed by atoms with E-state index in [2.05, 4.69) is 70.9 Å². The molecule has 2 N–H and O–H groups in total. The zero-order valence-corrected chi connectivity index (χ0v) is 19.8. The molecule has 0 heterocycles. The summed E-state index contributed by atoms with van der Waals surface area (Å²) < 4.78 is 0. The van der Waals surface area contributed by atoms with Crippen molar-refractivity contribution in [1.82, 2.24) is 10.7 Å². The molecular weight excluding hydrogens is 358 g/mol. The Hall–Kier alpha value is -1.32. The lowest BCUT2D eigenvalue weighted by Crippen LogP contribution is -2.61. The third-order valence-electron chi connectivity index (χ3n) is 8.91. The van der Waals surface area contributed by atoms with Gasteiger partial charge >= 0.3 is 6.03 Å². The van der Waals surface area contributed by atoms with Crippen molar-refractivity contribution in [1.29, 1.82) is 0 Å². The number of fused-ring (bicyclic) bond motifs is 2. The molecule has 4 heteroatoms. The Morgan fingerprint density at radius 2 is 1.97 bits per heavy atom. The number of hydrogen-bond acceptors (Lipinski definition) is 2. The summed E-state index contributed by atoms with van der Waals surface area (Å²) in [6.07, 6.45) is 8.50. The fraction of sp³-hybridized carbons (Fsp3) is 0.840. The van der Waals surface area contributed by atoms with E-state index >= 15 is 0 Å². The number of carbonyl (C=O) groups excluding carboxylic acids is 1. The van der Waals surface area contributed by atoms with Gasteiger partial charge in [0.15, 0.2) is 0 Å². The summed E-state index contributed by atoms with van der Waals surface area (Å²) in [5, 5.41) is 7.85. The minimum atomic E-state index is -0.146. The molecule has 4 aliphatic carbocycles. The number of nitrogens with one attached hydrogen (secondary N) is 2. The number of allylic oxidation sites excluding steroid dienone is 1. The van der Waals surface area contributed by atoms with Crippen molar-refractivity contribution in [2.75, 3.05) is 0 Å². The van der Waals surface area contributed by atoms with Crippen LogP contribution < -0.4 is 10.7 Å². The van der Waals surface area contributed by atoms with Gasteiger partial charge in [-0.2, -0.15) is 5.10 Å². The minimum Gasteiger partial charge on any atom is -0.334 e. The molecule has 0 saturated heterocycles. The average molecular weight is 402 g/mol. The van der Waals surface area contributed by atoms with Crippen molar-refractivity contribution in [2.24, 2.45) is 45.0 Å². The summed E-state index contributed by atoms with van der Waals surface area (Å²) in [5.41, 5.74) is 4.67. The first-order valence-electron chi connectivity index (χ1n) is 11.6. The van der Waals surface area contributed by atoms with Crippen LogP contribution in [0.3, 0.4) is 0 Å². The highest BCUT2D eigenvalue weighted by Gasteiger charge is 2.56. The monoisotopic (exact) mass is 401 g/mol. The summed E-state index contributed by atoms with van der Waals surface area (Å²) in [4.78, 5) is 12.6. The van der Waals surface area contributed by atoms with Gasteiger partial charge in [0.25, 0.3) is 0 Å². The molecule has 0 aliphatic heterocycles. The van der Waals surface area contributed by atoms with Crippen LogP contribution in [0.15, 0.2) is 17.8 Å². The number of nitrogens with zero attached hydrogens (tertiary/aromatic N) is 1. The Labute approximate surface area is 178 Å². The number of hydrazone groups is 1. The van der Waals surface area contributed by atoms with E-state index in [9.17, 15) is 4.79 Å². The smallest absolute Gasteiger partial charge is 0.334 e. The zero-order chi connectivity index (χ0) is 21.6. The fourth-order valence-corrected chi connectivity index (χ4v) is 6.49. The van der Waals surface area contributed by atoms with Gasteiger partial charge in [-0.05, 0) is 73.0 Å². The first kappa shape index (κ1) is 22.4. The van der Waals surface area contributed by atoms with Gasteiger partial charge in [-0.3, -0.25) is 0 Å². The lowest BCUT2D eigenvalue weighted by molar-refractivity contribution is -0.112. The molecule has 4 aliphatic rings. The van der Waals surface area contributed by atoms with Crippen molar-refractivity contribution in [3.63, 3.8) is 0 Å². The van der Waals surface area contributed by atoms with Gasteiger partial charge in [0, 0.05) is 17.2 Å². The maximum absolute atomic E-state index is 12.6. The highest BCUT2D eigenvalue weighted by atomic mass is 16.2. The molecule has 4 saturated carbocycles. The standard InChI is InChI=1S/C25H43N3O/c1-9-12-25(8)15-17(23(3,4)5)10-11-21(25)27-28-22(29)26-20-14-18-13-19(16(20)2)24(18,6)7/h9,16-20H,1,10-15H2,2-8H3,(H2,26,28,29)/b27-21+/t16-,17+,18+,19-,20-,25+/m0/s1. The predicted molar refractivity (Wildman–Crippen MR) is 122 cm³/mol. The van der Waals surface area contributed by atoms with Crippen LogP contribution in [0, 0.1) is 39.9 Å². The van der Waals surface area contributed by atoms with Crippen LogP contribution >= 0.6 is 0 Å². The van der Waals surface area contributed by atoms with Crippen molar-refractivity contribution in [3.05, 3.63) is 12.7 Å². The number of amides is 2. The molecule has 0 aromatic heterocycles. The topological polar surface area (TPSA) is 53.5 Å². The molecular formula is C25H43N3O. The average Bonchev–Trinajstić information content (AvgIpc) is 2.61. The summed E-state index contributed by atoms with van der Waals surface area (Å²) >= 11 is 0. The van der Waals surface area contributed by atoms with Crippen LogP contribution in [-0.4, -0.2) is 17.8 Å². The van der Waals surface area contributed by atoms with Crippen LogP contribution in [0.4, 0.5) is 4.79 Å². The van der Waals surface area contributed by atoms with Gasteiger partial charge in [0.05, 0.1) is 0 Å². The molecule has 6 atom stereocenters. The van der Waals surface area contributed by atoms with E-state index in [1.807, 2.05) is 6.08 Å². The van der Waals surface area contributed by atoms with Crippen LogP contribution in [0.2, 0.25) is 0 Å². The Balaban J connectivity index is 1.61. The summed E-state index contributed by atoms with van der Waals surface area (Å²) in [6, 6.07) is 0.121. The molecule has 4 nitrogen and oxygen atoms in total. The Bertz CT molecular complexity index is 674. The predicted octanol–water partition coefficient (Wildman–Crippen LogP) is 6.14. The van der Waals surface area contributed by atoms with E-state index < -0.39 is 0 Å². The number of rotatable bonds is 4. The quantitative estimate of drug-likeness (QED) is 0.431. The summed E-state index contributed by atoms with van der Waals surface area (Å²) in [5.74, 6) is 2.66. The molecule has 164 valence electrons. The molecule has 0 radical (unpaired) electrons. The van der Waals surface area contributed by atoms with E-state index in [1.54, 1.807) is 0 Å². The molecule has 2 bridgehead atoms. The van der Waals surface area contributed by atoms with Gasteiger partial charge in [0.2, 0.25) is 0 Å². The second kappa shape index (κ2) is 7.74. The van der Waals surface area contributed by atoms with Crippen LogP contribution in [0.5, 0.6) is 0 Å². The largest absolute Gasteiger partial charge is 0.335 e. The van der Waals surface area contributed by atoms with E-state index in [0.29, 0.717) is 22.7 Å². The fourth-order valence-electron chi connectivity index (χ4n) is 6.49. The van der Waals surface area contributed by atoms with Crippen molar-refractivity contribution in [3.8, 4) is 0 Å². The molecule has 0 aromatic rings. The highest BCUT2D eigenvalue weighted by molar-refractivity contribution is 5.91. The Kier molecular flexibility index (Phi) is 5.97. The zero-order valence-electron chi connectivity index (χ0n) is 19.8. The maximum Gasteiger partial charge on any atom is 0.335 e.